The van der Waals surface area contributed by atoms with Crippen LogP contribution in [0.25, 0.3) is 0 Å². The number of likely N-dealkylation sites (tertiary alicyclic amines) is 1. The Bertz CT molecular complexity index is 835. The summed E-state index contributed by atoms with van der Waals surface area (Å²) in [5.74, 6) is 0.907. The SMILES string of the molecule is O=C(Nc1cccc2c1OCCO2)N1CCC(C(O)c2ccc(F)cc2)CC1. The quantitative estimate of drug-likeness (QED) is 0.846. The number of carbonyl (C=O) groups is 1. The summed E-state index contributed by atoms with van der Waals surface area (Å²) >= 11 is 0. The molecule has 7 heteroatoms. The number of rotatable bonds is 3. The Morgan fingerprint density at radius 2 is 1.82 bits per heavy atom. The average molecular weight is 386 g/mol. The molecule has 2 aliphatic heterocycles. The fourth-order valence-electron chi connectivity index (χ4n) is 3.72. The van der Waals surface area contributed by atoms with Crippen LogP contribution >= 0.6 is 0 Å². The number of amides is 2. The van der Waals surface area contributed by atoms with Gasteiger partial charge in [0.15, 0.2) is 11.5 Å². The Balaban J connectivity index is 1.35. The van der Waals surface area contributed by atoms with E-state index in [0.717, 1.165) is 0 Å². The smallest absolute Gasteiger partial charge is 0.321 e. The number of carbonyl (C=O) groups excluding carboxylic acids is 1. The van der Waals surface area contributed by atoms with Crippen LogP contribution in [0.5, 0.6) is 11.5 Å². The lowest BCUT2D eigenvalue weighted by molar-refractivity contribution is 0.0682. The van der Waals surface area contributed by atoms with Gasteiger partial charge in [-0.1, -0.05) is 18.2 Å². The highest BCUT2D eigenvalue weighted by molar-refractivity contribution is 5.91. The van der Waals surface area contributed by atoms with Crippen LogP contribution in [-0.4, -0.2) is 42.3 Å². The standard InChI is InChI=1S/C21H23FN2O4/c22-16-6-4-14(5-7-16)19(25)15-8-10-24(11-9-15)21(26)23-17-2-1-3-18-20(17)28-13-12-27-18/h1-7,15,19,25H,8-13H2,(H,23,26). The van der Waals surface area contributed by atoms with E-state index in [0.29, 0.717) is 61.9 Å². The maximum absolute atomic E-state index is 13.1. The van der Waals surface area contributed by atoms with Crippen LogP contribution in [0.1, 0.15) is 24.5 Å². The van der Waals surface area contributed by atoms with E-state index in [2.05, 4.69) is 5.32 Å². The Kier molecular flexibility index (Phi) is 5.34. The third-order valence-electron chi connectivity index (χ3n) is 5.29. The van der Waals surface area contributed by atoms with Gasteiger partial charge in [-0.25, -0.2) is 9.18 Å². The van der Waals surface area contributed by atoms with Gasteiger partial charge in [0, 0.05) is 13.1 Å². The van der Waals surface area contributed by atoms with Gasteiger partial charge in [0.05, 0.1) is 11.8 Å². The van der Waals surface area contributed by atoms with Gasteiger partial charge in [-0.2, -0.15) is 0 Å². The van der Waals surface area contributed by atoms with E-state index in [4.69, 9.17) is 9.47 Å². The molecule has 1 atom stereocenters. The molecular formula is C21H23FN2O4. The number of para-hydroxylation sites is 1. The van der Waals surface area contributed by atoms with Crippen molar-refractivity contribution in [3.8, 4) is 11.5 Å². The summed E-state index contributed by atoms with van der Waals surface area (Å²) in [6.07, 6.45) is 0.703. The molecule has 4 rings (SSSR count). The van der Waals surface area contributed by atoms with Gasteiger partial charge in [0.1, 0.15) is 19.0 Å². The van der Waals surface area contributed by atoms with Gasteiger partial charge in [0.25, 0.3) is 0 Å². The Morgan fingerprint density at radius 1 is 1.11 bits per heavy atom. The number of nitrogens with one attached hydrogen (secondary N) is 1. The van der Waals surface area contributed by atoms with Crippen LogP contribution in [-0.2, 0) is 0 Å². The van der Waals surface area contributed by atoms with Crippen molar-refractivity contribution in [2.75, 3.05) is 31.6 Å². The third kappa shape index (κ3) is 3.89. The number of nitrogens with zero attached hydrogens (tertiary/aromatic N) is 1. The Morgan fingerprint density at radius 3 is 2.57 bits per heavy atom. The molecule has 0 saturated carbocycles. The number of piperidine rings is 1. The van der Waals surface area contributed by atoms with E-state index in [-0.39, 0.29) is 17.8 Å². The van der Waals surface area contributed by atoms with Crippen molar-refractivity contribution in [3.63, 3.8) is 0 Å². The minimum atomic E-state index is -0.655. The molecule has 6 nitrogen and oxygen atoms in total. The first-order chi connectivity index (χ1) is 13.6. The van der Waals surface area contributed by atoms with Gasteiger partial charge in [-0.3, -0.25) is 0 Å². The molecule has 0 aliphatic carbocycles. The summed E-state index contributed by atoms with van der Waals surface area (Å²) in [7, 11) is 0. The van der Waals surface area contributed by atoms with Crippen LogP contribution in [0.15, 0.2) is 42.5 Å². The number of urea groups is 1. The highest BCUT2D eigenvalue weighted by Gasteiger charge is 2.29. The number of hydrogen-bond donors (Lipinski definition) is 2. The number of benzene rings is 2. The van der Waals surface area contributed by atoms with Gasteiger partial charge in [-0.05, 0) is 48.6 Å². The molecule has 0 bridgehead atoms. The number of anilines is 1. The average Bonchev–Trinajstić information content (AvgIpc) is 2.74. The van der Waals surface area contributed by atoms with E-state index in [1.807, 2.05) is 12.1 Å². The van der Waals surface area contributed by atoms with Crippen molar-refractivity contribution in [3.05, 3.63) is 53.8 Å². The molecule has 1 fully saturated rings. The molecule has 2 aromatic rings. The lowest BCUT2D eigenvalue weighted by Crippen LogP contribution is -2.42. The second-order valence-electron chi connectivity index (χ2n) is 7.08. The molecule has 1 unspecified atom stereocenters. The van der Waals surface area contributed by atoms with E-state index >= 15 is 0 Å². The zero-order chi connectivity index (χ0) is 19.5. The summed E-state index contributed by atoms with van der Waals surface area (Å²) in [5, 5.41) is 13.5. The van der Waals surface area contributed by atoms with Crippen LogP contribution in [0.4, 0.5) is 14.9 Å². The van der Waals surface area contributed by atoms with Crippen LogP contribution in [0.3, 0.4) is 0 Å². The van der Waals surface area contributed by atoms with Crippen LogP contribution < -0.4 is 14.8 Å². The monoisotopic (exact) mass is 386 g/mol. The van der Waals surface area contributed by atoms with E-state index in [9.17, 15) is 14.3 Å². The summed E-state index contributed by atoms with van der Waals surface area (Å²) in [5.41, 5.74) is 1.30. The van der Waals surface area contributed by atoms with Crippen molar-refractivity contribution in [1.82, 2.24) is 4.90 Å². The van der Waals surface area contributed by atoms with Crippen LogP contribution in [0.2, 0.25) is 0 Å². The molecular weight excluding hydrogens is 363 g/mol. The number of fused-ring (bicyclic) bond motifs is 1. The molecule has 2 aromatic carbocycles. The lowest BCUT2D eigenvalue weighted by Gasteiger charge is -2.34. The zero-order valence-electron chi connectivity index (χ0n) is 15.4. The predicted molar refractivity (Wildman–Crippen MR) is 102 cm³/mol. The number of aliphatic hydroxyl groups is 1. The molecule has 2 heterocycles. The first-order valence-electron chi connectivity index (χ1n) is 9.50. The molecule has 2 N–H and O–H groups in total. The summed E-state index contributed by atoms with van der Waals surface area (Å²) in [6, 6.07) is 11.1. The van der Waals surface area contributed by atoms with Gasteiger partial charge < -0.3 is 24.8 Å². The Labute approximate surface area is 162 Å². The van der Waals surface area contributed by atoms with E-state index in [1.54, 1.807) is 23.1 Å². The van der Waals surface area contributed by atoms with E-state index in [1.165, 1.54) is 12.1 Å². The van der Waals surface area contributed by atoms with Crippen molar-refractivity contribution < 1.29 is 23.8 Å². The molecule has 0 spiro atoms. The number of aliphatic hydroxyl groups excluding tert-OH is 1. The zero-order valence-corrected chi connectivity index (χ0v) is 15.4. The summed E-state index contributed by atoms with van der Waals surface area (Å²) < 4.78 is 24.2. The molecule has 28 heavy (non-hydrogen) atoms. The van der Waals surface area contributed by atoms with Crippen molar-refractivity contribution >= 4 is 11.7 Å². The van der Waals surface area contributed by atoms with Gasteiger partial charge in [-0.15, -0.1) is 0 Å². The second kappa shape index (κ2) is 8.06. The molecule has 1 saturated heterocycles. The molecule has 148 valence electrons. The number of hydrogen-bond acceptors (Lipinski definition) is 4. The third-order valence-corrected chi connectivity index (χ3v) is 5.29. The lowest BCUT2D eigenvalue weighted by atomic mass is 9.87. The number of halogens is 1. The molecule has 2 aliphatic rings. The largest absolute Gasteiger partial charge is 0.486 e. The minimum absolute atomic E-state index is 0.0377. The van der Waals surface area contributed by atoms with Crippen molar-refractivity contribution in [2.24, 2.45) is 5.92 Å². The maximum Gasteiger partial charge on any atom is 0.321 e. The molecule has 0 radical (unpaired) electrons. The topological polar surface area (TPSA) is 71.0 Å². The second-order valence-corrected chi connectivity index (χ2v) is 7.08. The maximum atomic E-state index is 13.1. The first-order valence-corrected chi connectivity index (χ1v) is 9.50. The van der Waals surface area contributed by atoms with Crippen molar-refractivity contribution in [2.45, 2.75) is 18.9 Å². The summed E-state index contributed by atoms with van der Waals surface area (Å²) in [4.78, 5) is 14.4. The fourth-order valence-corrected chi connectivity index (χ4v) is 3.72. The highest BCUT2D eigenvalue weighted by atomic mass is 19.1. The van der Waals surface area contributed by atoms with Gasteiger partial charge >= 0.3 is 6.03 Å². The van der Waals surface area contributed by atoms with Gasteiger partial charge in [0.2, 0.25) is 0 Å². The summed E-state index contributed by atoms with van der Waals surface area (Å²) in [6.45, 7) is 2.03. The predicted octanol–water partition coefficient (Wildman–Crippen LogP) is 3.57. The normalized spacial score (nSPS) is 17.9. The first kappa shape index (κ1) is 18.6. The fraction of sp³-hybridized carbons (Fsp3) is 0.381. The Hall–Kier alpha value is -2.80. The molecule has 2 amide bonds. The van der Waals surface area contributed by atoms with Crippen molar-refractivity contribution in [1.29, 1.82) is 0 Å². The molecule has 0 aromatic heterocycles. The highest BCUT2D eigenvalue weighted by Crippen LogP contribution is 2.37. The van der Waals surface area contributed by atoms with Crippen LogP contribution in [0, 0.1) is 11.7 Å². The van der Waals surface area contributed by atoms with E-state index < -0.39 is 6.10 Å². The minimum Gasteiger partial charge on any atom is -0.486 e. The number of ether oxygens (including phenoxy) is 2.